The van der Waals surface area contributed by atoms with E-state index in [2.05, 4.69) is 15.8 Å². The molecule has 0 spiro atoms. The van der Waals surface area contributed by atoms with Crippen molar-refractivity contribution >= 4 is 23.2 Å². The zero-order valence-electron chi connectivity index (χ0n) is 14.5. The summed E-state index contributed by atoms with van der Waals surface area (Å²) in [6, 6.07) is 6.28. The van der Waals surface area contributed by atoms with Gasteiger partial charge in [0.25, 0.3) is 5.91 Å². The van der Waals surface area contributed by atoms with Crippen molar-refractivity contribution in [1.29, 1.82) is 0 Å². The predicted molar refractivity (Wildman–Crippen MR) is 95.8 cm³/mol. The molecule has 2 heterocycles. The van der Waals surface area contributed by atoms with Gasteiger partial charge in [0.2, 0.25) is 5.91 Å². The topological polar surface area (TPSA) is 119 Å². The SMILES string of the molecule is Cc1oncc1C(=O)Nc1ccc(NC(=O)C(N)C2CCOCC2)cc1. The predicted octanol–water partition coefficient (Wildman–Crippen LogP) is 1.93. The van der Waals surface area contributed by atoms with Crippen LogP contribution in [0, 0.1) is 12.8 Å². The maximum absolute atomic E-state index is 12.3. The van der Waals surface area contributed by atoms with Gasteiger partial charge in [-0.15, -0.1) is 0 Å². The normalized spacial score (nSPS) is 16.1. The van der Waals surface area contributed by atoms with E-state index in [1.165, 1.54) is 6.20 Å². The molecule has 1 aliphatic heterocycles. The molecule has 1 unspecified atom stereocenters. The van der Waals surface area contributed by atoms with E-state index in [0.717, 1.165) is 12.8 Å². The molecule has 2 amide bonds. The summed E-state index contributed by atoms with van der Waals surface area (Å²) in [6.45, 7) is 2.96. The number of hydrogen-bond donors (Lipinski definition) is 3. The third-order valence-corrected chi connectivity index (χ3v) is 4.48. The highest BCUT2D eigenvalue weighted by molar-refractivity contribution is 6.04. The highest BCUT2D eigenvalue weighted by Gasteiger charge is 2.26. The number of nitrogens with zero attached hydrogens (tertiary/aromatic N) is 1. The lowest BCUT2D eigenvalue weighted by molar-refractivity contribution is -0.119. The van der Waals surface area contributed by atoms with Crippen molar-refractivity contribution in [2.75, 3.05) is 23.8 Å². The Kier molecular flexibility index (Phi) is 5.65. The minimum atomic E-state index is -0.560. The Labute approximate surface area is 151 Å². The van der Waals surface area contributed by atoms with Crippen LogP contribution in [0.3, 0.4) is 0 Å². The first-order valence-corrected chi connectivity index (χ1v) is 8.51. The maximum atomic E-state index is 12.3. The molecule has 1 fully saturated rings. The molecule has 1 aromatic heterocycles. The first-order valence-electron chi connectivity index (χ1n) is 8.51. The molecule has 1 aromatic carbocycles. The molecule has 1 aliphatic rings. The first-order chi connectivity index (χ1) is 12.5. The molecule has 1 saturated heterocycles. The van der Waals surface area contributed by atoms with E-state index in [0.29, 0.717) is 35.9 Å². The number of carbonyl (C=O) groups excluding carboxylic acids is 2. The summed E-state index contributed by atoms with van der Waals surface area (Å²) in [6.07, 6.45) is 2.96. The minimum absolute atomic E-state index is 0.133. The number of hydrogen-bond acceptors (Lipinski definition) is 6. The Morgan fingerprint density at radius 2 is 1.77 bits per heavy atom. The van der Waals surface area contributed by atoms with Gasteiger partial charge in [0, 0.05) is 24.6 Å². The lowest BCUT2D eigenvalue weighted by Gasteiger charge is -2.26. The number of rotatable bonds is 5. The van der Waals surface area contributed by atoms with E-state index >= 15 is 0 Å². The molecule has 0 aliphatic carbocycles. The lowest BCUT2D eigenvalue weighted by atomic mass is 9.92. The number of nitrogens with one attached hydrogen (secondary N) is 2. The van der Waals surface area contributed by atoms with E-state index in [1.54, 1.807) is 31.2 Å². The van der Waals surface area contributed by atoms with Crippen LogP contribution in [0.15, 0.2) is 35.0 Å². The standard InChI is InChI=1S/C18H22N4O4/c1-11-15(10-20-26-11)17(23)21-13-2-4-14(5-3-13)22-18(24)16(19)12-6-8-25-9-7-12/h2-5,10,12,16H,6-9,19H2,1H3,(H,21,23)(H,22,24). The molecule has 26 heavy (non-hydrogen) atoms. The van der Waals surface area contributed by atoms with Gasteiger partial charge < -0.3 is 25.6 Å². The Hall–Kier alpha value is -2.71. The van der Waals surface area contributed by atoms with Crippen LogP contribution in [0.2, 0.25) is 0 Å². The molecular weight excluding hydrogens is 336 g/mol. The number of aryl methyl sites for hydroxylation is 1. The second-order valence-electron chi connectivity index (χ2n) is 6.29. The summed E-state index contributed by atoms with van der Waals surface area (Å²) in [4.78, 5) is 24.4. The summed E-state index contributed by atoms with van der Waals surface area (Å²) in [7, 11) is 0. The Morgan fingerprint density at radius 3 is 2.35 bits per heavy atom. The van der Waals surface area contributed by atoms with Crippen LogP contribution >= 0.6 is 0 Å². The van der Waals surface area contributed by atoms with Crippen LogP contribution in [0.5, 0.6) is 0 Å². The molecule has 2 aromatic rings. The molecular formula is C18H22N4O4. The van der Waals surface area contributed by atoms with Crippen LogP contribution in [-0.4, -0.2) is 36.2 Å². The van der Waals surface area contributed by atoms with Crippen molar-refractivity contribution in [3.8, 4) is 0 Å². The van der Waals surface area contributed by atoms with Gasteiger partial charge in [-0.3, -0.25) is 9.59 Å². The molecule has 138 valence electrons. The van der Waals surface area contributed by atoms with Crippen LogP contribution in [0.4, 0.5) is 11.4 Å². The average molecular weight is 358 g/mol. The monoisotopic (exact) mass is 358 g/mol. The smallest absolute Gasteiger partial charge is 0.260 e. The Bertz CT molecular complexity index is 766. The fraction of sp³-hybridized carbons (Fsp3) is 0.389. The zero-order chi connectivity index (χ0) is 18.5. The summed E-state index contributed by atoms with van der Waals surface area (Å²) in [5, 5.41) is 9.15. The van der Waals surface area contributed by atoms with Gasteiger partial charge in [-0.1, -0.05) is 5.16 Å². The van der Waals surface area contributed by atoms with E-state index in [-0.39, 0.29) is 17.7 Å². The highest BCUT2D eigenvalue weighted by Crippen LogP contribution is 2.20. The summed E-state index contributed by atoms with van der Waals surface area (Å²) in [5.41, 5.74) is 7.67. The molecule has 4 N–H and O–H groups in total. The second-order valence-corrected chi connectivity index (χ2v) is 6.29. The van der Waals surface area contributed by atoms with Crippen molar-refractivity contribution < 1.29 is 18.8 Å². The van der Waals surface area contributed by atoms with Crippen LogP contribution in [-0.2, 0) is 9.53 Å². The van der Waals surface area contributed by atoms with Gasteiger partial charge in [-0.05, 0) is 49.9 Å². The van der Waals surface area contributed by atoms with Gasteiger partial charge in [0.05, 0.1) is 12.2 Å². The zero-order valence-corrected chi connectivity index (χ0v) is 14.5. The maximum Gasteiger partial charge on any atom is 0.260 e. The van der Waals surface area contributed by atoms with E-state index in [4.69, 9.17) is 15.0 Å². The van der Waals surface area contributed by atoms with Crippen molar-refractivity contribution in [3.63, 3.8) is 0 Å². The Balaban J connectivity index is 1.56. The molecule has 1 atom stereocenters. The largest absolute Gasteiger partial charge is 0.381 e. The van der Waals surface area contributed by atoms with E-state index in [9.17, 15) is 9.59 Å². The number of benzene rings is 1. The van der Waals surface area contributed by atoms with Crippen LogP contribution in [0.1, 0.15) is 29.0 Å². The number of aromatic nitrogens is 1. The van der Waals surface area contributed by atoms with Gasteiger partial charge in [0.1, 0.15) is 11.3 Å². The van der Waals surface area contributed by atoms with Crippen molar-refractivity contribution in [1.82, 2.24) is 5.16 Å². The summed E-state index contributed by atoms with van der Waals surface area (Å²) >= 11 is 0. The van der Waals surface area contributed by atoms with Crippen LogP contribution in [0.25, 0.3) is 0 Å². The molecule has 8 heteroatoms. The number of nitrogens with two attached hydrogens (primary N) is 1. The number of amides is 2. The van der Waals surface area contributed by atoms with Crippen molar-refractivity contribution in [2.45, 2.75) is 25.8 Å². The number of carbonyl (C=O) groups is 2. The Morgan fingerprint density at radius 1 is 1.15 bits per heavy atom. The number of anilines is 2. The summed E-state index contributed by atoms with van der Waals surface area (Å²) in [5.74, 6) is 0.0680. The molecule has 0 bridgehead atoms. The number of ether oxygens (including phenoxy) is 1. The van der Waals surface area contributed by atoms with Crippen LogP contribution < -0.4 is 16.4 Å². The van der Waals surface area contributed by atoms with Gasteiger partial charge in [-0.2, -0.15) is 0 Å². The highest BCUT2D eigenvalue weighted by atomic mass is 16.5. The van der Waals surface area contributed by atoms with Crippen molar-refractivity contribution in [2.24, 2.45) is 11.7 Å². The fourth-order valence-corrected chi connectivity index (χ4v) is 2.87. The summed E-state index contributed by atoms with van der Waals surface area (Å²) < 4.78 is 10.2. The molecule has 3 rings (SSSR count). The third kappa shape index (κ3) is 4.27. The van der Waals surface area contributed by atoms with E-state index in [1.807, 2.05) is 0 Å². The molecule has 8 nitrogen and oxygen atoms in total. The first kappa shape index (κ1) is 18.1. The third-order valence-electron chi connectivity index (χ3n) is 4.48. The van der Waals surface area contributed by atoms with Gasteiger partial charge >= 0.3 is 0 Å². The molecule has 0 radical (unpaired) electrons. The average Bonchev–Trinajstić information content (AvgIpc) is 3.09. The fourth-order valence-electron chi connectivity index (χ4n) is 2.87. The van der Waals surface area contributed by atoms with Crippen molar-refractivity contribution in [3.05, 3.63) is 41.8 Å². The lowest BCUT2D eigenvalue weighted by Crippen LogP contribution is -2.43. The minimum Gasteiger partial charge on any atom is -0.381 e. The quantitative estimate of drug-likeness (QED) is 0.751. The van der Waals surface area contributed by atoms with Gasteiger partial charge in [-0.25, -0.2) is 0 Å². The molecule has 0 saturated carbocycles. The van der Waals surface area contributed by atoms with Gasteiger partial charge in [0.15, 0.2) is 0 Å². The second kappa shape index (κ2) is 8.11. The van der Waals surface area contributed by atoms with E-state index < -0.39 is 6.04 Å².